The minimum Gasteiger partial charge on any atom is -0.497 e. The number of benzene rings is 1. The van der Waals surface area contributed by atoms with Gasteiger partial charge in [0.1, 0.15) is 5.75 Å². The number of halogens is 1. The summed E-state index contributed by atoms with van der Waals surface area (Å²) >= 11 is 0. The van der Waals surface area contributed by atoms with E-state index in [9.17, 15) is 0 Å². The Morgan fingerprint density at radius 1 is 1.15 bits per heavy atom. The monoisotopic (exact) mass is 490 g/mol. The Balaban J connectivity index is 0.00000364. The number of nitrogens with one attached hydrogen (secondary N) is 2. The van der Waals surface area contributed by atoms with Crippen molar-refractivity contribution in [2.45, 2.75) is 26.2 Å². The normalized spacial score (nSPS) is 15.1. The summed E-state index contributed by atoms with van der Waals surface area (Å²) in [7, 11) is 1.69. The van der Waals surface area contributed by atoms with Crippen molar-refractivity contribution in [1.82, 2.24) is 15.5 Å². The number of hydrogen-bond acceptors (Lipinski definition) is 4. The number of methoxy groups -OCH3 is 1. The maximum Gasteiger partial charge on any atom is 0.191 e. The van der Waals surface area contributed by atoms with E-state index in [1.807, 2.05) is 12.1 Å². The molecule has 1 saturated heterocycles. The molecule has 6 nitrogen and oxygen atoms in total. The lowest BCUT2D eigenvalue weighted by Gasteiger charge is -2.26. The van der Waals surface area contributed by atoms with E-state index in [0.29, 0.717) is 0 Å². The average molecular weight is 490 g/mol. The molecule has 0 atom stereocenters. The van der Waals surface area contributed by atoms with E-state index >= 15 is 0 Å². The van der Waals surface area contributed by atoms with Crippen molar-refractivity contribution in [3.63, 3.8) is 0 Å². The number of nitrogens with zero attached hydrogens (tertiary/aromatic N) is 2. The molecule has 1 aliphatic heterocycles. The van der Waals surface area contributed by atoms with E-state index in [1.54, 1.807) is 7.11 Å². The van der Waals surface area contributed by atoms with Gasteiger partial charge in [-0.05, 0) is 50.4 Å². The Hall–Kier alpha value is -1.06. The summed E-state index contributed by atoms with van der Waals surface area (Å²) in [4.78, 5) is 7.16. The number of unbranched alkanes of at least 4 members (excludes halogenated alkanes) is 1. The first-order chi connectivity index (χ1) is 12.8. The maximum atomic E-state index is 5.38. The molecule has 1 heterocycles. The van der Waals surface area contributed by atoms with Gasteiger partial charge in [-0.3, -0.25) is 9.89 Å². The Bertz CT molecular complexity index is 519. The van der Waals surface area contributed by atoms with Gasteiger partial charge in [-0.15, -0.1) is 24.0 Å². The fraction of sp³-hybridized carbons (Fsp3) is 0.650. The molecule has 27 heavy (non-hydrogen) atoms. The third-order valence-corrected chi connectivity index (χ3v) is 4.47. The Kier molecular flexibility index (Phi) is 13.3. The van der Waals surface area contributed by atoms with Gasteiger partial charge in [-0.25, -0.2) is 0 Å². The summed E-state index contributed by atoms with van der Waals surface area (Å²) in [5.74, 6) is 1.81. The van der Waals surface area contributed by atoms with Crippen LogP contribution in [0.1, 0.15) is 25.3 Å². The van der Waals surface area contributed by atoms with Crippen LogP contribution in [-0.2, 0) is 11.2 Å². The Morgan fingerprint density at radius 3 is 2.56 bits per heavy atom. The number of ether oxygens (including phenoxy) is 2. The van der Waals surface area contributed by atoms with E-state index in [2.05, 4.69) is 39.6 Å². The summed E-state index contributed by atoms with van der Waals surface area (Å²) in [6.45, 7) is 9.75. The third-order valence-electron chi connectivity index (χ3n) is 4.47. The number of morpholine rings is 1. The minimum absolute atomic E-state index is 0. The molecule has 0 spiro atoms. The fourth-order valence-corrected chi connectivity index (χ4v) is 2.92. The summed E-state index contributed by atoms with van der Waals surface area (Å²) < 4.78 is 10.6. The third kappa shape index (κ3) is 10.2. The second kappa shape index (κ2) is 14.9. The number of aliphatic imine (C=N–C) groups is 1. The van der Waals surface area contributed by atoms with Gasteiger partial charge in [0.25, 0.3) is 0 Å². The molecule has 1 aliphatic rings. The van der Waals surface area contributed by atoms with Gasteiger partial charge in [0.15, 0.2) is 5.96 Å². The van der Waals surface area contributed by atoms with Crippen LogP contribution in [0.25, 0.3) is 0 Å². The van der Waals surface area contributed by atoms with Crippen molar-refractivity contribution >= 4 is 29.9 Å². The van der Waals surface area contributed by atoms with Crippen LogP contribution < -0.4 is 15.4 Å². The van der Waals surface area contributed by atoms with E-state index in [-0.39, 0.29) is 24.0 Å². The van der Waals surface area contributed by atoms with Gasteiger partial charge < -0.3 is 20.1 Å². The molecule has 0 radical (unpaired) electrons. The summed E-state index contributed by atoms with van der Waals surface area (Å²) in [5.41, 5.74) is 1.29. The largest absolute Gasteiger partial charge is 0.497 e. The second-order valence-electron chi connectivity index (χ2n) is 6.45. The van der Waals surface area contributed by atoms with Gasteiger partial charge in [0.2, 0.25) is 0 Å². The zero-order valence-electron chi connectivity index (χ0n) is 16.7. The van der Waals surface area contributed by atoms with Crippen LogP contribution in [0, 0.1) is 0 Å². The lowest BCUT2D eigenvalue weighted by Crippen LogP contribution is -2.38. The molecule has 0 aromatic heterocycles. The molecule has 2 N–H and O–H groups in total. The summed E-state index contributed by atoms with van der Waals surface area (Å²) in [5, 5.41) is 6.74. The van der Waals surface area contributed by atoms with E-state index in [0.717, 1.165) is 77.0 Å². The molecular weight excluding hydrogens is 455 g/mol. The summed E-state index contributed by atoms with van der Waals surface area (Å²) in [6, 6.07) is 8.22. The van der Waals surface area contributed by atoms with Crippen LogP contribution in [0.3, 0.4) is 0 Å². The highest BCUT2D eigenvalue weighted by Gasteiger charge is 2.08. The van der Waals surface area contributed by atoms with Crippen molar-refractivity contribution < 1.29 is 9.47 Å². The second-order valence-corrected chi connectivity index (χ2v) is 6.45. The van der Waals surface area contributed by atoms with Crippen LogP contribution in [0.2, 0.25) is 0 Å². The highest BCUT2D eigenvalue weighted by Crippen LogP contribution is 2.11. The fourth-order valence-electron chi connectivity index (χ4n) is 2.92. The Labute approximate surface area is 181 Å². The first kappa shape index (κ1) is 24.0. The zero-order valence-corrected chi connectivity index (χ0v) is 19.0. The molecule has 0 bridgehead atoms. The van der Waals surface area contributed by atoms with Gasteiger partial charge >= 0.3 is 0 Å². The average Bonchev–Trinajstić information content (AvgIpc) is 2.69. The molecule has 0 amide bonds. The molecule has 0 aliphatic carbocycles. The molecule has 1 aromatic rings. The molecule has 154 valence electrons. The van der Waals surface area contributed by atoms with E-state index in [4.69, 9.17) is 9.47 Å². The van der Waals surface area contributed by atoms with Crippen LogP contribution in [0.5, 0.6) is 5.75 Å². The van der Waals surface area contributed by atoms with Gasteiger partial charge in [0, 0.05) is 32.7 Å². The van der Waals surface area contributed by atoms with Crippen LogP contribution in [-0.4, -0.2) is 70.5 Å². The molecule has 7 heteroatoms. The smallest absolute Gasteiger partial charge is 0.191 e. The number of guanidine groups is 1. The van der Waals surface area contributed by atoms with Crippen LogP contribution in [0.15, 0.2) is 29.3 Å². The van der Waals surface area contributed by atoms with E-state index < -0.39 is 0 Å². The molecule has 0 saturated carbocycles. The predicted octanol–water partition coefficient (Wildman–Crippen LogP) is 2.52. The van der Waals surface area contributed by atoms with Gasteiger partial charge in [-0.1, -0.05) is 12.1 Å². The van der Waals surface area contributed by atoms with Crippen molar-refractivity contribution in [3.8, 4) is 5.75 Å². The first-order valence-electron chi connectivity index (χ1n) is 9.77. The molecule has 1 aromatic carbocycles. The van der Waals surface area contributed by atoms with Crippen molar-refractivity contribution in [3.05, 3.63) is 29.8 Å². The van der Waals surface area contributed by atoms with Gasteiger partial charge in [-0.2, -0.15) is 0 Å². The van der Waals surface area contributed by atoms with E-state index in [1.165, 1.54) is 12.0 Å². The SMILES string of the molecule is CCNC(=NCCCCN1CCOCC1)NCCc1ccc(OC)cc1.I. The Morgan fingerprint density at radius 2 is 1.89 bits per heavy atom. The van der Waals surface area contributed by atoms with Crippen LogP contribution in [0.4, 0.5) is 0 Å². The number of hydrogen-bond donors (Lipinski definition) is 2. The van der Waals surface area contributed by atoms with Gasteiger partial charge in [0.05, 0.1) is 20.3 Å². The topological polar surface area (TPSA) is 58.1 Å². The predicted molar refractivity (Wildman–Crippen MR) is 123 cm³/mol. The lowest BCUT2D eigenvalue weighted by molar-refractivity contribution is 0.0373. The van der Waals surface area contributed by atoms with Crippen molar-refractivity contribution in [1.29, 1.82) is 0 Å². The highest BCUT2D eigenvalue weighted by atomic mass is 127. The van der Waals surface area contributed by atoms with Crippen molar-refractivity contribution in [2.24, 2.45) is 4.99 Å². The molecular formula is C20H35IN4O2. The lowest BCUT2D eigenvalue weighted by atomic mass is 10.1. The molecule has 1 fully saturated rings. The minimum atomic E-state index is 0. The molecule has 2 rings (SSSR count). The quantitative estimate of drug-likeness (QED) is 0.229. The standard InChI is InChI=1S/C20H34N4O2.HI/c1-3-21-20(22-11-4-5-13-24-14-16-26-17-15-24)23-12-10-18-6-8-19(25-2)9-7-18;/h6-9H,3-5,10-17H2,1-2H3,(H2,21,22,23);1H. The summed E-state index contributed by atoms with van der Waals surface area (Å²) in [6.07, 6.45) is 3.27. The number of rotatable bonds is 10. The highest BCUT2D eigenvalue weighted by molar-refractivity contribution is 14.0. The first-order valence-corrected chi connectivity index (χ1v) is 9.77. The van der Waals surface area contributed by atoms with Crippen molar-refractivity contribution in [2.75, 3.05) is 59.6 Å². The molecule has 0 unspecified atom stereocenters. The van der Waals surface area contributed by atoms with Crippen LogP contribution >= 0.6 is 24.0 Å². The zero-order chi connectivity index (χ0) is 18.5. The maximum absolute atomic E-state index is 5.38.